The van der Waals surface area contributed by atoms with Crippen molar-refractivity contribution >= 4 is 34.4 Å². The smallest absolute Gasteiger partial charge is 0.247 e. The molecular formula is C30H43IN2O5. The molecule has 2 bridgehead atoms. The molecule has 38 heavy (non-hydrogen) atoms. The summed E-state index contributed by atoms with van der Waals surface area (Å²) in [6, 6.07) is 7.01. The second kappa shape index (κ2) is 12.7. The quantitative estimate of drug-likeness (QED) is 0.314. The van der Waals surface area contributed by atoms with E-state index >= 15 is 0 Å². The molecule has 3 N–H and O–H groups in total. The Bertz CT molecular complexity index is 1030. The molecule has 0 heterocycles. The van der Waals surface area contributed by atoms with Crippen LogP contribution in [0.3, 0.4) is 0 Å². The largest absolute Gasteiger partial charge is 0.482 e. The van der Waals surface area contributed by atoms with Crippen LogP contribution in [0, 0.1) is 26.7 Å². The van der Waals surface area contributed by atoms with Crippen LogP contribution in [0.4, 0.5) is 0 Å². The van der Waals surface area contributed by atoms with Crippen LogP contribution in [0.5, 0.6) is 5.75 Å². The van der Waals surface area contributed by atoms with Crippen molar-refractivity contribution in [3.8, 4) is 5.75 Å². The number of benzene rings is 1. The second-order valence-electron chi connectivity index (χ2n) is 11.8. The van der Waals surface area contributed by atoms with Crippen LogP contribution in [-0.4, -0.2) is 64.9 Å². The third-order valence-electron chi connectivity index (χ3n) is 9.21. The lowest BCUT2D eigenvalue weighted by atomic mass is 9.45. The Hall–Kier alpha value is -1.65. The second-order valence-corrected chi connectivity index (χ2v) is 13.0. The van der Waals surface area contributed by atoms with Crippen LogP contribution in [0.1, 0.15) is 65.7 Å². The summed E-state index contributed by atoms with van der Waals surface area (Å²) in [6.07, 6.45) is 5.83. The third kappa shape index (κ3) is 6.22. The van der Waals surface area contributed by atoms with Gasteiger partial charge in [0.15, 0.2) is 0 Å². The zero-order chi connectivity index (χ0) is 27.4. The number of nitrogens with one attached hydrogen (secondary N) is 1. The predicted molar refractivity (Wildman–Crippen MR) is 156 cm³/mol. The van der Waals surface area contributed by atoms with Crippen molar-refractivity contribution in [3.05, 3.63) is 39.5 Å². The molecule has 5 rings (SSSR count). The van der Waals surface area contributed by atoms with E-state index in [2.05, 4.69) is 48.7 Å². The van der Waals surface area contributed by atoms with E-state index in [4.69, 9.17) is 4.74 Å². The molecule has 0 radical (unpaired) electrons. The number of hydrogen-bond acceptors (Lipinski definition) is 5. The maximum absolute atomic E-state index is 13.7. The number of para-hydroxylation sites is 1. The van der Waals surface area contributed by atoms with E-state index in [9.17, 15) is 19.8 Å². The highest BCUT2D eigenvalue weighted by molar-refractivity contribution is 14.1. The Labute approximate surface area is 240 Å². The Morgan fingerprint density at radius 2 is 2.00 bits per heavy atom. The van der Waals surface area contributed by atoms with Crippen molar-refractivity contribution in [3.63, 3.8) is 0 Å². The lowest BCUT2D eigenvalue weighted by Crippen LogP contribution is -2.59. The van der Waals surface area contributed by atoms with Gasteiger partial charge in [0.1, 0.15) is 18.0 Å². The molecule has 210 valence electrons. The minimum atomic E-state index is -0.975. The van der Waals surface area contributed by atoms with Gasteiger partial charge in [0.25, 0.3) is 0 Å². The number of aliphatic hydroxyl groups excluding tert-OH is 2. The number of fused-ring (bicyclic) bond motifs is 2. The molecule has 4 aliphatic carbocycles. The van der Waals surface area contributed by atoms with Crippen LogP contribution in [-0.2, 0) is 9.59 Å². The van der Waals surface area contributed by atoms with Crippen molar-refractivity contribution in [1.82, 2.24) is 10.2 Å². The summed E-state index contributed by atoms with van der Waals surface area (Å²) in [5.41, 5.74) is 0.766. The molecule has 1 aromatic rings. The monoisotopic (exact) mass is 638 g/mol. The number of rotatable bonds is 11. The lowest BCUT2D eigenvalue weighted by Gasteiger charge is -2.61. The maximum Gasteiger partial charge on any atom is 0.247 e. The summed E-state index contributed by atoms with van der Waals surface area (Å²) in [7, 11) is 0. The minimum absolute atomic E-state index is 0.0419. The van der Waals surface area contributed by atoms with Crippen molar-refractivity contribution in [2.45, 2.75) is 84.0 Å². The van der Waals surface area contributed by atoms with Crippen LogP contribution >= 0.6 is 22.6 Å². The van der Waals surface area contributed by atoms with Gasteiger partial charge in [-0.3, -0.25) is 9.59 Å². The van der Waals surface area contributed by atoms with E-state index in [0.29, 0.717) is 36.1 Å². The first-order valence-corrected chi connectivity index (χ1v) is 15.2. The van der Waals surface area contributed by atoms with Crippen molar-refractivity contribution in [2.75, 3.05) is 19.7 Å². The van der Waals surface area contributed by atoms with Crippen LogP contribution in [0.15, 0.2) is 35.9 Å². The average molecular weight is 639 g/mol. The summed E-state index contributed by atoms with van der Waals surface area (Å²) < 4.78 is 7.18. The van der Waals surface area contributed by atoms with Crippen molar-refractivity contribution in [1.29, 1.82) is 0 Å². The number of hydrogen-bond donors (Lipinski definition) is 3. The Kier molecular flexibility index (Phi) is 9.79. The van der Waals surface area contributed by atoms with Gasteiger partial charge in [-0.25, -0.2) is 0 Å². The molecule has 8 heteroatoms. The lowest BCUT2D eigenvalue weighted by molar-refractivity contribution is -0.148. The zero-order valence-corrected chi connectivity index (χ0v) is 25.0. The van der Waals surface area contributed by atoms with Gasteiger partial charge in [-0.05, 0) is 89.7 Å². The van der Waals surface area contributed by atoms with Gasteiger partial charge in [-0.2, -0.15) is 0 Å². The third-order valence-corrected chi connectivity index (χ3v) is 10.1. The molecule has 1 aromatic carbocycles. The normalized spacial score (nSPS) is 29.6. The number of carbonyl (C=O) groups is 2. The molecule has 6 atom stereocenters. The Morgan fingerprint density at radius 3 is 2.66 bits per heavy atom. The van der Waals surface area contributed by atoms with E-state index in [1.165, 1.54) is 12.8 Å². The SMILES string of the molecule is CCCCC(=O)N(CC1CCC2CC1C2(C)C)C1CC(C(=O)NCCO)=CC(Oc2ccccc2I)C1O. The summed E-state index contributed by atoms with van der Waals surface area (Å²) in [6.45, 7) is 7.37. The standard InChI is InChI=1S/C30H43IN2O5/c1-4-5-10-27(35)33(18-19-11-12-21-17-22(19)30(21,2)3)24-15-20(29(37)32-13-14-34)16-26(28(24)36)38-25-9-7-6-8-23(25)31/h6-9,16,19,21-22,24,26,28,34,36H,4-5,10-15,17-18H2,1-3H3,(H,32,37). The van der Waals surface area contributed by atoms with Gasteiger partial charge in [-0.1, -0.05) is 39.3 Å². The van der Waals surface area contributed by atoms with Gasteiger partial charge < -0.3 is 25.2 Å². The number of ether oxygens (including phenoxy) is 1. The summed E-state index contributed by atoms with van der Waals surface area (Å²) in [5, 5.41) is 23.6. The maximum atomic E-state index is 13.7. The van der Waals surface area contributed by atoms with Gasteiger partial charge in [0.05, 0.1) is 16.2 Å². The molecule has 2 amide bonds. The Balaban J connectivity index is 1.63. The fourth-order valence-electron chi connectivity index (χ4n) is 6.79. The van der Waals surface area contributed by atoms with E-state index in [0.717, 1.165) is 28.8 Å². The molecule has 4 aliphatic rings. The van der Waals surface area contributed by atoms with E-state index in [1.807, 2.05) is 29.2 Å². The molecule has 0 aromatic heterocycles. The molecule has 0 spiro atoms. The molecule has 0 aliphatic heterocycles. The predicted octanol–water partition coefficient (Wildman–Crippen LogP) is 4.30. The number of halogens is 1. The minimum Gasteiger partial charge on any atom is -0.482 e. The highest BCUT2D eigenvalue weighted by atomic mass is 127. The summed E-state index contributed by atoms with van der Waals surface area (Å²) >= 11 is 2.19. The molecular weight excluding hydrogens is 595 g/mol. The van der Waals surface area contributed by atoms with E-state index < -0.39 is 18.2 Å². The Morgan fingerprint density at radius 1 is 1.24 bits per heavy atom. The number of unbranched alkanes of at least 4 members (excludes halogenated alkanes) is 1. The van der Waals surface area contributed by atoms with Crippen LogP contribution < -0.4 is 10.1 Å². The molecule has 7 nitrogen and oxygen atoms in total. The number of aliphatic hydroxyl groups is 2. The van der Waals surface area contributed by atoms with Gasteiger partial charge >= 0.3 is 0 Å². The van der Waals surface area contributed by atoms with Crippen molar-refractivity contribution in [2.24, 2.45) is 23.2 Å². The summed E-state index contributed by atoms with van der Waals surface area (Å²) in [5.74, 6) is 2.10. The van der Waals surface area contributed by atoms with E-state index in [-0.39, 0.29) is 36.8 Å². The zero-order valence-electron chi connectivity index (χ0n) is 22.9. The van der Waals surface area contributed by atoms with Crippen LogP contribution in [0.2, 0.25) is 0 Å². The number of nitrogens with zero attached hydrogens (tertiary/aromatic N) is 1. The molecule has 3 saturated carbocycles. The number of amides is 2. The van der Waals surface area contributed by atoms with Crippen molar-refractivity contribution < 1.29 is 24.5 Å². The summed E-state index contributed by atoms with van der Waals surface area (Å²) in [4.78, 5) is 28.6. The first-order valence-electron chi connectivity index (χ1n) is 14.2. The van der Waals surface area contributed by atoms with Gasteiger partial charge in [0, 0.05) is 31.5 Å². The average Bonchev–Trinajstić information content (AvgIpc) is 2.91. The molecule has 6 unspecified atom stereocenters. The fourth-order valence-corrected chi connectivity index (χ4v) is 7.31. The van der Waals surface area contributed by atoms with Crippen LogP contribution in [0.25, 0.3) is 0 Å². The first-order chi connectivity index (χ1) is 18.2. The first kappa shape index (κ1) is 29.3. The highest BCUT2D eigenvalue weighted by Gasteiger charge is 2.55. The fraction of sp³-hybridized carbons (Fsp3) is 0.667. The van der Waals surface area contributed by atoms with Gasteiger partial charge in [0.2, 0.25) is 11.8 Å². The number of carbonyl (C=O) groups excluding carboxylic acids is 2. The van der Waals surface area contributed by atoms with E-state index in [1.54, 1.807) is 6.08 Å². The topological polar surface area (TPSA) is 99.1 Å². The highest BCUT2D eigenvalue weighted by Crippen LogP contribution is 2.61. The molecule has 0 saturated heterocycles. The van der Waals surface area contributed by atoms with Gasteiger partial charge in [-0.15, -0.1) is 0 Å². The molecule has 3 fully saturated rings.